The van der Waals surface area contributed by atoms with Crippen LogP contribution < -0.4 is 10.6 Å². The molecule has 15 heavy (non-hydrogen) atoms. The molecule has 1 aromatic rings. The van der Waals surface area contributed by atoms with Crippen LogP contribution in [0.15, 0.2) is 6.07 Å². The summed E-state index contributed by atoms with van der Waals surface area (Å²) in [5, 5.41) is 6.32. The number of hydrogen-bond donors (Lipinski definition) is 2. The summed E-state index contributed by atoms with van der Waals surface area (Å²) in [4.78, 5) is 8.59. The predicted octanol–water partition coefficient (Wildman–Crippen LogP) is 1.89. The Balaban J connectivity index is 1.97. The van der Waals surface area contributed by atoms with Crippen LogP contribution in [0.5, 0.6) is 0 Å². The highest BCUT2D eigenvalue weighted by Crippen LogP contribution is 2.37. The highest BCUT2D eigenvalue weighted by atomic mass is 15.1. The maximum atomic E-state index is 4.34. The molecule has 0 radical (unpaired) electrons. The van der Waals surface area contributed by atoms with Gasteiger partial charge in [0.05, 0.1) is 0 Å². The van der Waals surface area contributed by atoms with Gasteiger partial charge < -0.3 is 10.6 Å². The first-order valence-electron chi connectivity index (χ1n) is 5.46. The molecular formula is C11H18N4. The average Bonchev–Trinajstić information content (AvgIpc) is 2.91. The molecule has 1 fully saturated rings. The van der Waals surface area contributed by atoms with Crippen molar-refractivity contribution < 1.29 is 0 Å². The molecule has 0 saturated heterocycles. The largest absolute Gasteiger partial charge is 0.370 e. The fourth-order valence-corrected chi connectivity index (χ4v) is 1.69. The molecule has 1 aliphatic carbocycles. The Kier molecular flexibility index (Phi) is 2.75. The van der Waals surface area contributed by atoms with E-state index in [9.17, 15) is 0 Å². The van der Waals surface area contributed by atoms with Crippen molar-refractivity contribution in [3.05, 3.63) is 11.8 Å². The Morgan fingerprint density at radius 2 is 2.20 bits per heavy atom. The zero-order valence-electron chi connectivity index (χ0n) is 9.54. The van der Waals surface area contributed by atoms with E-state index in [1.54, 1.807) is 0 Å². The lowest BCUT2D eigenvalue weighted by Gasteiger charge is -2.07. The Bertz CT molecular complexity index is 350. The predicted molar refractivity (Wildman–Crippen MR) is 62.1 cm³/mol. The van der Waals surface area contributed by atoms with Gasteiger partial charge in [-0.15, -0.1) is 0 Å². The van der Waals surface area contributed by atoms with Gasteiger partial charge in [-0.25, -0.2) is 4.98 Å². The summed E-state index contributed by atoms with van der Waals surface area (Å²) in [6.45, 7) is 5.30. The minimum Gasteiger partial charge on any atom is -0.370 e. The summed E-state index contributed by atoms with van der Waals surface area (Å²) in [5.74, 6) is 3.31. The zero-order chi connectivity index (χ0) is 10.8. The summed E-state index contributed by atoms with van der Waals surface area (Å²) in [5.41, 5.74) is 0.987. The lowest BCUT2D eigenvalue weighted by atomic mass is 10.3. The standard InChI is InChI=1S/C11H18N4/c1-7-4-9(7)6-13-10-5-8(2)14-11(12-3)15-10/h5,7,9H,4,6H2,1-3H3,(H2,12,13,14,15). The number of aryl methyl sites for hydroxylation is 1. The highest BCUT2D eigenvalue weighted by Gasteiger charge is 2.31. The van der Waals surface area contributed by atoms with Crippen LogP contribution in [0.25, 0.3) is 0 Å². The van der Waals surface area contributed by atoms with Crippen LogP contribution in [-0.2, 0) is 0 Å². The van der Waals surface area contributed by atoms with Gasteiger partial charge in [0, 0.05) is 25.4 Å². The monoisotopic (exact) mass is 206 g/mol. The van der Waals surface area contributed by atoms with E-state index in [4.69, 9.17) is 0 Å². The van der Waals surface area contributed by atoms with E-state index >= 15 is 0 Å². The van der Waals surface area contributed by atoms with E-state index < -0.39 is 0 Å². The molecular weight excluding hydrogens is 188 g/mol. The molecule has 0 aliphatic heterocycles. The number of anilines is 2. The van der Waals surface area contributed by atoms with Crippen LogP contribution >= 0.6 is 0 Å². The third kappa shape index (κ3) is 2.58. The summed E-state index contributed by atoms with van der Waals surface area (Å²) >= 11 is 0. The Morgan fingerprint density at radius 3 is 2.80 bits per heavy atom. The normalized spacial score (nSPS) is 23.7. The van der Waals surface area contributed by atoms with Crippen molar-refractivity contribution in [2.45, 2.75) is 20.3 Å². The minimum absolute atomic E-state index is 0.682. The molecule has 2 unspecified atom stereocenters. The smallest absolute Gasteiger partial charge is 0.224 e. The van der Waals surface area contributed by atoms with E-state index in [2.05, 4.69) is 27.5 Å². The van der Waals surface area contributed by atoms with Crippen molar-refractivity contribution >= 4 is 11.8 Å². The lowest BCUT2D eigenvalue weighted by Crippen LogP contribution is -2.08. The number of nitrogens with zero attached hydrogens (tertiary/aromatic N) is 2. The van der Waals surface area contributed by atoms with Gasteiger partial charge >= 0.3 is 0 Å². The van der Waals surface area contributed by atoms with Crippen LogP contribution in [0.4, 0.5) is 11.8 Å². The molecule has 82 valence electrons. The van der Waals surface area contributed by atoms with Crippen molar-refractivity contribution in [3.63, 3.8) is 0 Å². The number of rotatable bonds is 4. The summed E-state index contributed by atoms with van der Waals surface area (Å²) in [6.07, 6.45) is 1.34. The van der Waals surface area contributed by atoms with E-state index in [0.717, 1.165) is 29.9 Å². The van der Waals surface area contributed by atoms with Gasteiger partial charge in [-0.05, 0) is 25.2 Å². The molecule has 1 saturated carbocycles. The maximum absolute atomic E-state index is 4.34. The van der Waals surface area contributed by atoms with Crippen LogP contribution in [-0.4, -0.2) is 23.6 Å². The Labute approximate surface area is 90.5 Å². The van der Waals surface area contributed by atoms with Gasteiger partial charge in [-0.1, -0.05) is 6.92 Å². The fourth-order valence-electron chi connectivity index (χ4n) is 1.69. The Hall–Kier alpha value is -1.32. The second-order valence-electron chi connectivity index (χ2n) is 4.32. The molecule has 1 aliphatic rings. The van der Waals surface area contributed by atoms with Crippen LogP contribution in [0.3, 0.4) is 0 Å². The van der Waals surface area contributed by atoms with Crippen molar-refractivity contribution in [2.75, 3.05) is 24.2 Å². The summed E-state index contributed by atoms with van der Waals surface area (Å²) < 4.78 is 0. The quantitative estimate of drug-likeness (QED) is 0.790. The minimum atomic E-state index is 0.682. The van der Waals surface area contributed by atoms with Gasteiger partial charge in [0.2, 0.25) is 5.95 Å². The molecule has 0 bridgehead atoms. The molecule has 1 heterocycles. The zero-order valence-corrected chi connectivity index (χ0v) is 9.54. The number of aromatic nitrogens is 2. The second kappa shape index (κ2) is 4.04. The molecule has 0 spiro atoms. The lowest BCUT2D eigenvalue weighted by molar-refractivity contribution is 0.784. The van der Waals surface area contributed by atoms with Crippen molar-refractivity contribution in [2.24, 2.45) is 11.8 Å². The Morgan fingerprint density at radius 1 is 1.47 bits per heavy atom. The van der Waals surface area contributed by atoms with E-state index in [-0.39, 0.29) is 0 Å². The molecule has 0 aromatic carbocycles. The molecule has 1 aromatic heterocycles. The molecule has 2 N–H and O–H groups in total. The summed E-state index contributed by atoms with van der Waals surface area (Å²) in [7, 11) is 1.83. The fraction of sp³-hybridized carbons (Fsp3) is 0.636. The molecule has 4 nitrogen and oxygen atoms in total. The molecule has 0 amide bonds. The maximum Gasteiger partial charge on any atom is 0.224 e. The average molecular weight is 206 g/mol. The highest BCUT2D eigenvalue weighted by molar-refractivity contribution is 5.41. The number of nitrogens with one attached hydrogen (secondary N) is 2. The second-order valence-corrected chi connectivity index (χ2v) is 4.32. The first-order chi connectivity index (χ1) is 7.19. The van der Waals surface area contributed by atoms with Gasteiger partial charge in [-0.2, -0.15) is 4.98 Å². The third-order valence-corrected chi connectivity index (χ3v) is 2.90. The molecule has 2 atom stereocenters. The van der Waals surface area contributed by atoms with Gasteiger partial charge in [0.15, 0.2) is 0 Å². The first kappa shape index (κ1) is 10.2. The number of hydrogen-bond acceptors (Lipinski definition) is 4. The van der Waals surface area contributed by atoms with E-state index in [1.165, 1.54) is 6.42 Å². The summed E-state index contributed by atoms with van der Waals surface area (Å²) in [6, 6.07) is 1.98. The molecule has 4 heteroatoms. The topological polar surface area (TPSA) is 49.8 Å². The van der Waals surface area contributed by atoms with Crippen molar-refractivity contribution in [1.82, 2.24) is 9.97 Å². The van der Waals surface area contributed by atoms with Gasteiger partial charge in [0.1, 0.15) is 5.82 Å². The van der Waals surface area contributed by atoms with Gasteiger partial charge in [0.25, 0.3) is 0 Å². The third-order valence-electron chi connectivity index (χ3n) is 2.90. The van der Waals surface area contributed by atoms with Crippen LogP contribution in [0.2, 0.25) is 0 Å². The van der Waals surface area contributed by atoms with Crippen LogP contribution in [0, 0.1) is 18.8 Å². The van der Waals surface area contributed by atoms with E-state index in [1.807, 2.05) is 20.0 Å². The SMILES string of the molecule is CNc1nc(C)cc(NCC2CC2C)n1. The first-order valence-corrected chi connectivity index (χ1v) is 5.46. The van der Waals surface area contributed by atoms with E-state index in [0.29, 0.717) is 5.95 Å². The van der Waals surface area contributed by atoms with Crippen molar-refractivity contribution in [3.8, 4) is 0 Å². The van der Waals surface area contributed by atoms with Crippen LogP contribution in [0.1, 0.15) is 19.0 Å². The van der Waals surface area contributed by atoms with Crippen molar-refractivity contribution in [1.29, 1.82) is 0 Å². The van der Waals surface area contributed by atoms with Gasteiger partial charge in [-0.3, -0.25) is 0 Å². The molecule has 2 rings (SSSR count).